The minimum atomic E-state index is -0.847. The maximum atomic E-state index is 12.0. The molecule has 1 fully saturated rings. The molecule has 1 amide bonds. The molecule has 1 N–H and O–H groups in total. The molecule has 1 aromatic heterocycles. The van der Waals surface area contributed by atoms with Crippen LogP contribution in [0.15, 0.2) is 35.4 Å². The first-order valence-electron chi connectivity index (χ1n) is 8.74. The molecule has 1 saturated heterocycles. The van der Waals surface area contributed by atoms with Gasteiger partial charge in [-0.3, -0.25) is 4.79 Å². The van der Waals surface area contributed by atoms with Crippen molar-refractivity contribution >= 4 is 12.1 Å². The van der Waals surface area contributed by atoms with Crippen molar-refractivity contribution in [3.63, 3.8) is 0 Å². The van der Waals surface area contributed by atoms with Gasteiger partial charge in [0.2, 0.25) is 5.91 Å². The number of hydrogen-bond acceptors (Lipinski definition) is 4. The highest BCUT2D eigenvalue weighted by Crippen LogP contribution is 2.23. The SMILES string of the molecule is Cc1ccccc1-n1c(C)cc(C=NNC(=O)CC2(C)OCCO2)c1C. The number of benzene rings is 1. The standard InChI is InChI=1S/C20H25N3O3/c1-14-7-5-6-8-18(14)23-15(2)11-17(16(23)3)13-21-22-19(24)12-20(4)25-9-10-26-20/h5-8,11,13H,9-10,12H2,1-4H3,(H,22,24). The Bertz CT molecular complexity index is 833. The minimum Gasteiger partial charge on any atom is -0.347 e. The Balaban J connectivity index is 1.71. The quantitative estimate of drug-likeness (QED) is 0.662. The van der Waals surface area contributed by atoms with Crippen molar-refractivity contribution in [1.82, 2.24) is 9.99 Å². The lowest BCUT2D eigenvalue weighted by molar-refractivity contribution is -0.159. The molecule has 2 heterocycles. The van der Waals surface area contributed by atoms with Crippen LogP contribution in [0.25, 0.3) is 5.69 Å². The van der Waals surface area contributed by atoms with E-state index in [0.29, 0.717) is 13.2 Å². The molecular formula is C20H25N3O3. The van der Waals surface area contributed by atoms with Crippen molar-refractivity contribution in [2.24, 2.45) is 5.10 Å². The van der Waals surface area contributed by atoms with Crippen molar-refractivity contribution in [2.45, 2.75) is 39.9 Å². The summed E-state index contributed by atoms with van der Waals surface area (Å²) in [6.07, 6.45) is 1.79. The number of nitrogens with zero attached hydrogens (tertiary/aromatic N) is 2. The van der Waals surface area contributed by atoms with Crippen LogP contribution in [-0.4, -0.2) is 35.7 Å². The van der Waals surface area contributed by atoms with Crippen LogP contribution >= 0.6 is 0 Å². The number of para-hydroxylation sites is 1. The second-order valence-electron chi connectivity index (χ2n) is 6.75. The highest BCUT2D eigenvalue weighted by atomic mass is 16.7. The van der Waals surface area contributed by atoms with Crippen LogP contribution < -0.4 is 5.43 Å². The summed E-state index contributed by atoms with van der Waals surface area (Å²) >= 11 is 0. The third kappa shape index (κ3) is 3.86. The van der Waals surface area contributed by atoms with Crippen LogP contribution in [0.5, 0.6) is 0 Å². The Morgan fingerprint density at radius 1 is 1.27 bits per heavy atom. The summed E-state index contributed by atoms with van der Waals surface area (Å²) in [5.41, 5.74) is 8.06. The van der Waals surface area contributed by atoms with Gasteiger partial charge in [-0.1, -0.05) is 18.2 Å². The summed E-state index contributed by atoms with van der Waals surface area (Å²) in [7, 11) is 0. The second-order valence-corrected chi connectivity index (χ2v) is 6.75. The molecule has 2 aromatic rings. The Morgan fingerprint density at radius 3 is 2.65 bits per heavy atom. The normalized spacial score (nSPS) is 16.3. The fourth-order valence-electron chi connectivity index (χ4n) is 3.27. The highest BCUT2D eigenvalue weighted by Gasteiger charge is 2.33. The molecule has 1 aliphatic rings. The third-order valence-corrected chi connectivity index (χ3v) is 4.60. The van der Waals surface area contributed by atoms with Crippen LogP contribution in [0, 0.1) is 20.8 Å². The average Bonchev–Trinajstić information content (AvgIpc) is 3.12. The molecular weight excluding hydrogens is 330 g/mol. The van der Waals surface area contributed by atoms with E-state index in [1.807, 2.05) is 19.1 Å². The van der Waals surface area contributed by atoms with E-state index in [0.717, 1.165) is 22.6 Å². The van der Waals surface area contributed by atoms with Crippen LogP contribution in [0.4, 0.5) is 0 Å². The number of aromatic nitrogens is 1. The molecule has 26 heavy (non-hydrogen) atoms. The molecule has 0 saturated carbocycles. The van der Waals surface area contributed by atoms with Gasteiger partial charge in [0, 0.05) is 22.6 Å². The molecule has 6 nitrogen and oxygen atoms in total. The fourth-order valence-corrected chi connectivity index (χ4v) is 3.27. The Hall–Kier alpha value is -2.44. The molecule has 3 rings (SSSR count). The molecule has 0 atom stereocenters. The van der Waals surface area contributed by atoms with E-state index in [4.69, 9.17) is 9.47 Å². The number of amides is 1. The first-order valence-corrected chi connectivity index (χ1v) is 8.74. The lowest BCUT2D eigenvalue weighted by Crippen LogP contribution is -2.33. The number of carbonyl (C=O) groups is 1. The first kappa shape index (κ1) is 18.4. The van der Waals surface area contributed by atoms with Gasteiger partial charge in [0.05, 0.1) is 25.8 Å². The maximum absolute atomic E-state index is 12.0. The van der Waals surface area contributed by atoms with Gasteiger partial charge in [-0.05, 0) is 45.4 Å². The van der Waals surface area contributed by atoms with Crippen LogP contribution in [0.2, 0.25) is 0 Å². The zero-order chi connectivity index (χ0) is 18.7. The van der Waals surface area contributed by atoms with Crippen molar-refractivity contribution in [2.75, 3.05) is 13.2 Å². The lowest BCUT2D eigenvalue weighted by atomic mass is 10.2. The third-order valence-electron chi connectivity index (χ3n) is 4.60. The lowest BCUT2D eigenvalue weighted by Gasteiger charge is -2.20. The molecule has 138 valence electrons. The predicted molar refractivity (Wildman–Crippen MR) is 101 cm³/mol. The van der Waals surface area contributed by atoms with E-state index >= 15 is 0 Å². The molecule has 1 aromatic carbocycles. The largest absolute Gasteiger partial charge is 0.347 e. The topological polar surface area (TPSA) is 64.9 Å². The van der Waals surface area contributed by atoms with Gasteiger partial charge in [0.25, 0.3) is 0 Å². The average molecular weight is 355 g/mol. The second kappa shape index (κ2) is 7.43. The molecule has 0 spiro atoms. The number of hydrogen-bond donors (Lipinski definition) is 1. The Labute approximate surface area is 153 Å². The molecule has 0 radical (unpaired) electrons. The summed E-state index contributed by atoms with van der Waals surface area (Å²) in [5, 5.41) is 4.10. The first-order chi connectivity index (χ1) is 12.4. The van der Waals surface area contributed by atoms with E-state index in [1.54, 1.807) is 13.1 Å². The zero-order valence-corrected chi connectivity index (χ0v) is 15.7. The van der Waals surface area contributed by atoms with Gasteiger partial charge in [0.15, 0.2) is 5.79 Å². The molecule has 0 unspecified atom stereocenters. The van der Waals surface area contributed by atoms with Gasteiger partial charge in [0.1, 0.15) is 0 Å². The van der Waals surface area contributed by atoms with Crippen molar-refractivity contribution in [3.8, 4) is 5.69 Å². The minimum absolute atomic E-state index is 0.118. The summed E-state index contributed by atoms with van der Waals surface area (Å²) < 4.78 is 13.1. The molecule has 1 aliphatic heterocycles. The van der Waals surface area contributed by atoms with Crippen molar-refractivity contribution in [1.29, 1.82) is 0 Å². The monoisotopic (exact) mass is 355 g/mol. The Kier molecular flexibility index (Phi) is 5.25. The molecule has 0 aliphatic carbocycles. The maximum Gasteiger partial charge on any atom is 0.245 e. The Morgan fingerprint density at radius 2 is 1.96 bits per heavy atom. The van der Waals surface area contributed by atoms with E-state index < -0.39 is 5.79 Å². The fraction of sp³-hybridized carbons (Fsp3) is 0.400. The van der Waals surface area contributed by atoms with Crippen LogP contribution in [-0.2, 0) is 14.3 Å². The molecule has 0 bridgehead atoms. The number of ether oxygens (including phenoxy) is 2. The number of rotatable bonds is 5. The summed E-state index contributed by atoms with van der Waals surface area (Å²) in [4.78, 5) is 12.0. The van der Waals surface area contributed by atoms with Crippen molar-refractivity contribution in [3.05, 3.63) is 52.8 Å². The van der Waals surface area contributed by atoms with Gasteiger partial charge >= 0.3 is 0 Å². The van der Waals surface area contributed by atoms with E-state index in [-0.39, 0.29) is 12.3 Å². The summed E-state index contributed by atoms with van der Waals surface area (Å²) in [6.45, 7) is 8.99. The smallest absolute Gasteiger partial charge is 0.245 e. The predicted octanol–water partition coefficient (Wildman–Crippen LogP) is 3.01. The van der Waals surface area contributed by atoms with Crippen molar-refractivity contribution < 1.29 is 14.3 Å². The van der Waals surface area contributed by atoms with Gasteiger partial charge in [-0.15, -0.1) is 0 Å². The van der Waals surface area contributed by atoms with E-state index in [1.165, 1.54) is 5.56 Å². The molecule has 6 heteroatoms. The summed E-state index contributed by atoms with van der Waals surface area (Å²) in [5.74, 6) is -1.08. The van der Waals surface area contributed by atoms with Gasteiger partial charge < -0.3 is 14.0 Å². The van der Waals surface area contributed by atoms with E-state index in [2.05, 4.69) is 47.1 Å². The summed E-state index contributed by atoms with van der Waals surface area (Å²) in [6, 6.07) is 10.3. The van der Waals surface area contributed by atoms with Crippen LogP contribution in [0.1, 0.15) is 35.9 Å². The number of carbonyl (C=O) groups excluding carboxylic acids is 1. The van der Waals surface area contributed by atoms with E-state index in [9.17, 15) is 4.79 Å². The van der Waals surface area contributed by atoms with Gasteiger partial charge in [-0.2, -0.15) is 5.10 Å². The zero-order valence-electron chi connectivity index (χ0n) is 15.7. The van der Waals surface area contributed by atoms with Gasteiger partial charge in [-0.25, -0.2) is 5.43 Å². The number of nitrogens with one attached hydrogen (secondary N) is 1. The number of hydrazone groups is 1. The highest BCUT2D eigenvalue weighted by molar-refractivity contribution is 5.84. The van der Waals surface area contributed by atoms with Crippen LogP contribution in [0.3, 0.4) is 0 Å². The number of aryl methyl sites for hydroxylation is 2.